The zero-order chi connectivity index (χ0) is 14.4. The summed E-state index contributed by atoms with van der Waals surface area (Å²) in [6.07, 6.45) is 0.765. The highest BCUT2D eigenvalue weighted by Crippen LogP contribution is 2.18. The zero-order valence-corrected chi connectivity index (χ0v) is 11.7. The number of aromatic nitrogens is 2. The van der Waals surface area contributed by atoms with Gasteiger partial charge < -0.3 is 10.8 Å². The van der Waals surface area contributed by atoms with Crippen LogP contribution in [0.3, 0.4) is 0 Å². The minimum Gasteiger partial charge on any atom is -0.481 e. The van der Waals surface area contributed by atoms with Gasteiger partial charge in [0.2, 0.25) is 11.0 Å². The Labute approximate surface area is 115 Å². The minimum atomic E-state index is -0.974. The summed E-state index contributed by atoms with van der Waals surface area (Å²) in [4.78, 5) is 22.0. The van der Waals surface area contributed by atoms with Crippen LogP contribution in [0.15, 0.2) is 0 Å². The van der Waals surface area contributed by atoms with Crippen molar-refractivity contribution in [2.75, 3.05) is 5.32 Å². The third-order valence-electron chi connectivity index (χ3n) is 2.29. The van der Waals surface area contributed by atoms with Gasteiger partial charge >= 0.3 is 5.97 Å². The molecular formula is C11H18N4O3S. The van der Waals surface area contributed by atoms with E-state index in [1.165, 1.54) is 11.3 Å². The van der Waals surface area contributed by atoms with Crippen molar-refractivity contribution in [2.24, 2.45) is 11.7 Å². The van der Waals surface area contributed by atoms with Crippen molar-refractivity contribution < 1.29 is 14.7 Å². The minimum absolute atomic E-state index is 0.0961. The van der Waals surface area contributed by atoms with Crippen LogP contribution in [0.5, 0.6) is 0 Å². The maximum Gasteiger partial charge on any atom is 0.303 e. The molecule has 0 bridgehead atoms. The first-order valence-electron chi connectivity index (χ1n) is 5.99. The number of rotatable bonds is 7. The van der Waals surface area contributed by atoms with Crippen LogP contribution in [0.25, 0.3) is 0 Å². The van der Waals surface area contributed by atoms with E-state index in [0.29, 0.717) is 11.0 Å². The Morgan fingerprint density at radius 3 is 2.68 bits per heavy atom. The number of nitrogens with two attached hydrogens (primary N) is 1. The summed E-state index contributed by atoms with van der Waals surface area (Å²) in [6, 6.07) is -0.853. The molecule has 1 heterocycles. The Morgan fingerprint density at radius 2 is 2.11 bits per heavy atom. The van der Waals surface area contributed by atoms with Crippen molar-refractivity contribution in [3.8, 4) is 0 Å². The number of carbonyl (C=O) groups is 2. The topological polar surface area (TPSA) is 118 Å². The van der Waals surface area contributed by atoms with E-state index in [4.69, 9.17) is 10.8 Å². The molecule has 1 rings (SSSR count). The van der Waals surface area contributed by atoms with Gasteiger partial charge in [-0.1, -0.05) is 25.2 Å². The fraction of sp³-hybridized carbons (Fsp3) is 0.636. The lowest BCUT2D eigenvalue weighted by Crippen LogP contribution is -2.36. The molecule has 19 heavy (non-hydrogen) atoms. The van der Waals surface area contributed by atoms with Gasteiger partial charge in [-0.15, -0.1) is 10.2 Å². The monoisotopic (exact) mass is 286 g/mol. The van der Waals surface area contributed by atoms with Crippen LogP contribution in [-0.2, 0) is 16.0 Å². The molecule has 0 saturated carbocycles. The van der Waals surface area contributed by atoms with E-state index >= 15 is 0 Å². The third-order valence-corrected chi connectivity index (χ3v) is 3.15. The normalized spacial score (nSPS) is 12.4. The lowest BCUT2D eigenvalue weighted by Gasteiger charge is -2.08. The maximum absolute atomic E-state index is 11.7. The van der Waals surface area contributed by atoms with Gasteiger partial charge in [-0.2, -0.15) is 0 Å². The molecule has 1 aromatic rings. The molecule has 8 heteroatoms. The van der Waals surface area contributed by atoms with E-state index < -0.39 is 17.9 Å². The molecule has 0 saturated heterocycles. The van der Waals surface area contributed by atoms with E-state index in [9.17, 15) is 9.59 Å². The number of carboxylic acids is 1. The Bertz CT molecular complexity index is 447. The van der Waals surface area contributed by atoms with E-state index in [-0.39, 0.29) is 12.8 Å². The fourth-order valence-electron chi connectivity index (χ4n) is 1.34. The Morgan fingerprint density at radius 1 is 1.42 bits per heavy atom. The molecule has 0 spiro atoms. The predicted octanol–water partition coefficient (Wildman–Crippen LogP) is 0.867. The van der Waals surface area contributed by atoms with Gasteiger partial charge in [-0.3, -0.25) is 14.9 Å². The summed E-state index contributed by atoms with van der Waals surface area (Å²) in [5.41, 5.74) is 5.58. The molecule has 0 aromatic carbocycles. The Balaban J connectivity index is 2.47. The summed E-state index contributed by atoms with van der Waals surface area (Å²) in [7, 11) is 0. The largest absolute Gasteiger partial charge is 0.481 e. The first-order chi connectivity index (χ1) is 8.88. The van der Waals surface area contributed by atoms with E-state index in [1.54, 1.807) is 0 Å². The summed E-state index contributed by atoms with van der Waals surface area (Å²) in [6.45, 7) is 4.14. The van der Waals surface area contributed by atoms with E-state index in [0.717, 1.165) is 11.4 Å². The first-order valence-corrected chi connectivity index (χ1v) is 6.80. The number of nitrogens with zero attached hydrogens (tertiary/aromatic N) is 2. The van der Waals surface area contributed by atoms with E-state index in [1.807, 2.05) is 0 Å². The van der Waals surface area contributed by atoms with Gasteiger partial charge in [0, 0.05) is 12.8 Å². The molecule has 1 unspecified atom stereocenters. The third kappa shape index (κ3) is 5.75. The van der Waals surface area contributed by atoms with Crippen molar-refractivity contribution >= 4 is 28.3 Å². The van der Waals surface area contributed by atoms with Crippen LogP contribution in [0.4, 0.5) is 5.13 Å². The molecule has 0 aliphatic heterocycles. The van der Waals surface area contributed by atoms with Crippen molar-refractivity contribution in [2.45, 2.75) is 39.2 Å². The van der Waals surface area contributed by atoms with Crippen LogP contribution < -0.4 is 11.1 Å². The summed E-state index contributed by atoms with van der Waals surface area (Å²) in [5.74, 6) is -0.943. The second kappa shape index (κ2) is 7.15. The van der Waals surface area contributed by atoms with Gasteiger partial charge in [-0.25, -0.2) is 0 Å². The Hall–Kier alpha value is -1.54. The second-order valence-electron chi connectivity index (χ2n) is 4.63. The first kappa shape index (κ1) is 15.5. The lowest BCUT2D eigenvalue weighted by molar-refractivity contribution is -0.137. The number of hydrogen-bond acceptors (Lipinski definition) is 6. The standard InChI is InChI=1S/C11H18N4O3S/c1-6(2)5-8-14-15-11(19-8)13-10(18)7(12)3-4-9(16)17/h6-7H,3-5,12H2,1-2H3,(H,16,17)(H,13,15,18). The predicted molar refractivity (Wildman–Crippen MR) is 71.9 cm³/mol. The zero-order valence-electron chi connectivity index (χ0n) is 10.9. The molecule has 0 radical (unpaired) electrons. The average molecular weight is 286 g/mol. The molecule has 4 N–H and O–H groups in total. The van der Waals surface area contributed by atoms with Gasteiger partial charge in [-0.05, 0) is 12.3 Å². The molecule has 106 valence electrons. The highest BCUT2D eigenvalue weighted by molar-refractivity contribution is 7.15. The molecule has 7 nitrogen and oxygen atoms in total. The maximum atomic E-state index is 11.7. The van der Waals surface area contributed by atoms with Gasteiger partial charge in [0.15, 0.2) is 0 Å². The van der Waals surface area contributed by atoms with Gasteiger partial charge in [0.25, 0.3) is 0 Å². The molecular weight excluding hydrogens is 268 g/mol. The van der Waals surface area contributed by atoms with Crippen molar-refractivity contribution in [3.05, 3.63) is 5.01 Å². The quantitative estimate of drug-likeness (QED) is 0.684. The molecule has 0 aliphatic carbocycles. The number of hydrogen-bond donors (Lipinski definition) is 3. The highest BCUT2D eigenvalue weighted by Gasteiger charge is 2.17. The van der Waals surface area contributed by atoms with Crippen molar-refractivity contribution in [1.29, 1.82) is 0 Å². The number of aliphatic carboxylic acids is 1. The Kier molecular flexibility index (Phi) is 5.84. The van der Waals surface area contributed by atoms with Gasteiger partial charge in [0.1, 0.15) is 5.01 Å². The molecule has 0 aliphatic rings. The fourth-order valence-corrected chi connectivity index (χ4v) is 2.30. The molecule has 0 fully saturated rings. The van der Waals surface area contributed by atoms with Crippen LogP contribution in [0.1, 0.15) is 31.7 Å². The smallest absolute Gasteiger partial charge is 0.303 e. The number of anilines is 1. The lowest BCUT2D eigenvalue weighted by atomic mass is 10.1. The number of carbonyl (C=O) groups excluding carboxylic acids is 1. The highest BCUT2D eigenvalue weighted by atomic mass is 32.1. The number of amides is 1. The van der Waals surface area contributed by atoms with Crippen LogP contribution in [0, 0.1) is 5.92 Å². The summed E-state index contributed by atoms with van der Waals surface area (Å²) < 4.78 is 0. The number of nitrogens with one attached hydrogen (secondary N) is 1. The average Bonchev–Trinajstić information content (AvgIpc) is 2.72. The van der Waals surface area contributed by atoms with E-state index in [2.05, 4.69) is 29.4 Å². The molecule has 1 aromatic heterocycles. The molecule has 1 atom stereocenters. The summed E-state index contributed by atoms with van der Waals surface area (Å²) >= 11 is 1.31. The van der Waals surface area contributed by atoms with Gasteiger partial charge in [0.05, 0.1) is 6.04 Å². The molecule has 1 amide bonds. The van der Waals surface area contributed by atoms with Crippen LogP contribution >= 0.6 is 11.3 Å². The summed E-state index contributed by atoms with van der Waals surface area (Å²) in [5, 5.41) is 20.1. The number of carboxylic acid groups (broad SMARTS) is 1. The van der Waals surface area contributed by atoms with Crippen molar-refractivity contribution in [1.82, 2.24) is 10.2 Å². The van der Waals surface area contributed by atoms with Crippen LogP contribution in [0.2, 0.25) is 0 Å². The van der Waals surface area contributed by atoms with Crippen LogP contribution in [-0.4, -0.2) is 33.2 Å². The van der Waals surface area contributed by atoms with Crippen molar-refractivity contribution in [3.63, 3.8) is 0 Å². The SMILES string of the molecule is CC(C)Cc1nnc(NC(=O)C(N)CCC(=O)O)s1. The second-order valence-corrected chi connectivity index (χ2v) is 5.69.